The number of hydrogen-bond donors (Lipinski definition) is 0. The average molecular weight is 674 g/mol. The SMILES string of the molecule is Cc1cc(C)c(B(c2ccc(C#Cc3cc(Br)s[c]3[Sn]([CH3])([CH3])[CH3])cc2)c2c(C)cc(C)cc2C)c(C)c1. The maximum atomic E-state index is 3.69. The number of hydrogen-bond acceptors (Lipinski definition) is 1. The molecular weight excluding hydrogens is 638 g/mol. The third-order valence-corrected chi connectivity index (χ3v) is 18.1. The van der Waals surface area contributed by atoms with Gasteiger partial charge in [0.15, 0.2) is 0 Å². The molecule has 37 heavy (non-hydrogen) atoms. The molecule has 0 nitrogen and oxygen atoms in total. The van der Waals surface area contributed by atoms with E-state index in [1.807, 2.05) is 11.3 Å². The molecule has 4 rings (SSSR count). The van der Waals surface area contributed by atoms with E-state index in [0.29, 0.717) is 0 Å². The van der Waals surface area contributed by atoms with Gasteiger partial charge in [-0.05, 0) is 13.8 Å². The van der Waals surface area contributed by atoms with Crippen LogP contribution in [-0.4, -0.2) is 25.1 Å². The van der Waals surface area contributed by atoms with Crippen molar-refractivity contribution in [2.24, 2.45) is 0 Å². The van der Waals surface area contributed by atoms with Crippen LogP contribution >= 0.6 is 27.3 Å². The van der Waals surface area contributed by atoms with Crippen molar-refractivity contribution in [3.8, 4) is 11.8 Å². The zero-order valence-corrected chi connectivity index (χ0v) is 28.8. The van der Waals surface area contributed by atoms with Gasteiger partial charge in [0.1, 0.15) is 0 Å². The molecule has 3 aromatic carbocycles. The van der Waals surface area contributed by atoms with E-state index in [-0.39, 0.29) is 6.71 Å². The molecule has 0 fully saturated rings. The fourth-order valence-electron chi connectivity index (χ4n) is 5.68. The van der Waals surface area contributed by atoms with Gasteiger partial charge in [0.25, 0.3) is 0 Å². The summed E-state index contributed by atoms with van der Waals surface area (Å²) >= 11 is 3.35. The Labute approximate surface area is 241 Å². The van der Waals surface area contributed by atoms with Crippen LogP contribution in [0.4, 0.5) is 0 Å². The molecule has 0 N–H and O–H groups in total. The number of rotatable bonds is 4. The number of halogens is 1. The Balaban J connectivity index is 1.81. The van der Waals surface area contributed by atoms with Gasteiger partial charge < -0.3 is 0 Å². The molecule has 188 valence electrons. The molecule has 4 aromatic rings. The van der Waals surface area contributed by atoms with Crippen LogP contribution in [0.25, 0.3) is 0 Å². The molecule has 0 atom stereocenters. The Bertz CT molecular complexity index is 1420. The Morgan fingerprint density at radius 1 is 0.676 bits per heavy atom. The first-order valence-corrected chi connectivity index (χ1v) is 24.5. The molecule has 0 unspecified atom stereocenters. The van der Waals surface area contributed by atoms with E-state index in [2.05, 4.69) is 139 Å². The third-order valence-electron chi connectivity index (χ3n) is 7.02. The van der Waals surface area contributed by atoms with Crippen molar-refractivity contribution in [1.82, 2.24) is 0 Å². The summed E-state index contributed by atoms with van der Waals surface area (Å²) in [6.45, 7) is 13.6. The van der Waals surface area contributed by atoms with Gasteiger partial charge in [-0.25, -0.2) is 0 Å². The second kappa shape index (κ2) is 11.2. The van der Waals surface area contributed by atoms with Gasteiger partial charge in [0, 0.05) is 0 Å². The number of aryl methyl sites for hydroxylation is 6. The minimum atomic E-state index is -2.21. The maximum absolute atomic E-state index is 3.69. The van der Waals surface area contributed by atoms with E-state index < -0.39 is 18.4 Å². The first kappa shape index (κ1) is 28.3. The summed E-state index contributed by atoms with van der Waals surface area (Å²) in [4.78, 5) is 7.37. The summed E-state index contributed by atoms with van der Waals surface area (Å²) in [5, 5.41) is 0. The predicted molar refractivity (Wildman–Crippen MR) is 173 cm³/mol. The minimum absolute atomic E-state index is 0.192. The van der Waals surface area contributed by atoms with Gasteiger partial charge in [0.05, 0.1) is 0 Å². The van der Waals surface area contributed by atoms with Crippen LogP contribution in [0.2, 0.25) is 14.8 Å². The summed E-state index contributed by atoms with van der Waals surface area (Å²) in [7, 11) is 0. The summed E-state index contributed by atoms with van der Waals surface area (Å²) in [5.41, 5.74) is 14.5. The standard InChI is InChI=1S/C30H27BBrS.3CH3.Sn/c1-19-13-21(3)29(22(4)14-19)31(30-23(5)15-20(2)16-24(30)6)27-11-9-25(10-12-27)7-8-26-17-28(32)33-18-26;;;;/h9-17H,1-6H3;3*1H3;. The van der Waals surface area contributed by atoms with Crippen molar-refractivity contribution in [3.63, 3.8) is 0 Å². The van der Waals surface area contributed by atoms with Gasteiger partial charge in [0.2, 0.25) is 0 Å². The van der Waals surface area contributed by atoms with Crippen molar-refractivity contribution in [3.05, 3.63) is 103 Å². The predicted octanol–water partition coefficient (Wildman–Crippen LogP) is 6.82. The van der Waals surface area contributed by atoms with E-state index in [4.69, 9.17) is 0 Å². The van der Waals surface area contributed by atoms with Crippen LogP contribution in [-0.2, 0) is 0 Å². The second-order valence-corrected chi connectivity index (χ2v) is 29.2. The van der Waals surface area contributed by atoms with Crippen molar-refractivity contribution in [2.75, 3.05) is 0 Å². The normalized spacial score (nSPS) is 11.3. The summed E-state index contributed by atoms with van der Waals surface area (Å²) in [6.07, 6.45) is 0. The Morgan fingerprint density at radius 3 is 1.57 bits per heavy atom. The van der Waals surface area contributed by atoms with Gasteiger partial charge in [-0.1, -0.05) is 11.1 Å². The third kappa shape index (κ3) is 6.30. The van der Waals surface area contributed by atoms with E-state index in [1.165, 1.54) is 62.0 Å². The van der Waals surface area contributed by atoms with Gasteiger partial charge >= 0.3 is 218 Å². The van der Waals surface area contributed by atoms with Crippen LogP contribution in [0.3, 0.4) is 0 Å². The molecule has 0 saturated carbocycles. The van der Waals surface area contributed by atoms with Crippen LogP contribution in [0.1, 0.15) is 44.5 Å². The Kier molecular flexibility index (Phi) is 8.53. The molecular formula is C33H36BBrSSn. The topological polar surface area (TPSA) is 0 Å². The summed E-state index contributed by atoms with van der Waals surface area (Å²) in [6, 6.07) is 20.5. The van der Waals surface area contributed by atoms with Crippen LogP contribution in [0, 0.1) is 53.4 Å². The molecule has 0 aliphatic heterocycles. The zero-order valence-electron chi connectivity index (χ0n) is 23.6. The molecule has 1 heterocycles. The van der Waals surface area contributed by atoms with Gasteiger partial charge in [-0.2, -0.15) is 0 Å². The fourth-order valence-corrected chi connectivity index (χ4v) is 14.8. The van der Waals surface area contributed by atoms with Gasteiger partial charge in [-0.3, -0.25) is 0 Å². The van der Waals surface area contributed by atoms with Crippen molar-refractivity contribution in [2.45, 2.75) is 56.4 Å². The molecule has 0 bridgehead atoms. The molecule has 0 amide bonds. The molecule has 0 spiro atoms. The van der Waals surface area contributed by atoms with E-state index in [1.54, 1.807) is 0 Å². The molecule has 0 saturated heterocycles. The number of thiophene rings is 1. The molecule has 0 aliphatic carbocycles. The molecule has 0 aliphatic rings. The quantitative estimate of drug-likeness (QED) is 0.165. The molecule has 0 radical (unpaired) electrons. The number of benzene rings is 3. The van der Waals surface area contributed by atoms with Crippen molar-refractivity contribution >= 4 is 71.6 Å². The van der Waals surface area contributed by atoms with Crippen LogP contribution in [0.15, 0.2) is 58.4 Å². The van der Waals surface area contributed by atoms with E-state index in [0.717, 1.165) is 5.56 Å². The van der Waals surface area contributed by atoms with Crippen LogP contribution in [0.5, 0.6) is 0 Å². The van der Waals surface area contributed by atoms with E-state index >= 15 is 0 Å². The first-order chi connectivity index (χ1) is 17.3. The van der Waals surface area contributed by atoms with Gasteiger partial charge in [-0.15, -0.1) is 0 Å². The Morgan fingerprint density at radius 2 is 1.14 bits per heavy atom. The fraction of sp³-hybridized carbons (Fsp3) is 0.273. The van der Waals surface area contributed by atoms with Crippen molar-refractivity contribution in [1.29, 1.82) is 0 Å². The monoisotopic (exact) mass is 674 g/mol. The zero-order chi connectivity index (χ0) is 27.1. The Hall–Kier alpha value is -1.74. The molecule has 1 aromatic heterocycles. The summed E-state index contributed by atoms with van der Waals surface area (Å²) < 4.78 is 2.71. The average Bonchev–Trinajstić information content (AvgIpc) is 3.17. The molecule has 4 heteroatoms. The van der Waals surface area contributed by atoms with E-state index in [9.17, 15) is 0 Å². The van der Waals surface area contributed by atoms with Crippen LogP contribution < -0.4 is 19.3 Å². The van der Waals surface area contributed by atoms with Crippen molar-refractivity contribution < 1.29 is 0 Å². The summed E-state index contributed by atoms with van der Waals surface area (Å²) in [5.74, 6) is 6.96. The second-order valence-electron chi connectivity index (χ2n) is 11.5. The first-order valence-electron chi connectivity index (χ1n) is 12.9.